The summed E-state index contributed by atoms with van der Waals surface area (Å²) in [5.74, 6) is 1.22. The minimum atomic E-state index is -3.52. The lowest BCUT2D eigenvalue weighted by atomic mass is 9.96. The Kier molecular flexibility index (Phi) is 4.18. The van der Waals surface area contributed by atoms with E-state index in [0.717, 1.165) is 54.0 Å². The molecule has 2 aromatic heterocycles. The van der Waals surface area contributed by atoms with E-state index < -0.39 is 10.0 Å². The van der Waals surface area contributed by atoms with Gasteiger partial charge >= 0.3 is 0 Å². The predicted octanol–water partition coefficient (Wildman–Crippen LogP) is 4.12. The molecule has 5 nitrogen and oxygen atoms in total. The molecule has 0 unspecified atom stereocenters. The molecule has 0 amide bonds. The molecular formula is C20H20N2O3S2. The SMILES string of the molecule is O=S(=O)(N[C@H]1C[C@@H]1c1ccccc1)c1ccc(-c2noc3c2CCCC3)s1. The maximum absolute atomic E-state index is 12.8. The van der Waals surface area contributed by atoms with Crippen molar-refractivity contribution in [2.24, 2.45) is 0 Å². The first kappa shape index (κ1) is 17.2. The number of sulfonamides is 1. The van der Waals surface area contributed by atoms with Crippen molar-refractivity contribution in [2.45, 2.75) is 48.3 Å². The molecule has 2 heterocycles. The van der Waals surface area contributed by atoms with Crippen molar-refractivity contribution >= 4 is 21.4 Å². The van der Waals surface area contributed by atoms with E-state index in [1.807, 2.05) is 24.3 Å². The van der Waals surface area contributed by atoms with Crippen LogP contribution >= 0.6 is 11.3 Å². The van der Waals surface area contributed by atoms with Gasteiger partial charge in [0.25, 0.3) is 0 Å². The molecule has 2 aliphatic rings. The molecule has 1 N–H and O–H groups in total. The van der Waals surface area contributed by atoms with E-state index >= 15 is 0 Å². The number of hydrogen-bond donors (Lipinski definition) is 1. The van der Waals surface area contributed by atoms with Crippen LogP contribution in [0.3, 0.4) is 0 Å². The van der Waals surface area contributed by atoms with Gasteiger partial charge in [-0.1, -0.05) is 35.5 Å². The predicted molar refractivity (Wildman–Crippen MR) is 104 cm³/mol. The van der Waals surface area contributed by atoms with Gasteiger partial charge in [-0.2, -0.15) is 0 Å². The molecule has 27 heavy (non-hydrogen) atoms. The lowest BCUT2D eigenvalue weighted by Crippen LogP contribution is -2.26. The summed E-state index contributed by atoms with van der Waals surface area (Å²) < 4.78 is 34.2. The first-order valence-corrected chi connectivity index (χ1v) is 11.6. The summed E-state index contributed by atoms with van der Waals surface area (Å²) in [5, 5.41) is 4.21. The fourth-order valence-electron chi connectivity index (χ4n) is 3.82. The van der Waals surface area contributed by atoms with E-state index in [9.17, 15) is 8.42 Å². The van der Waals surface area contributed by atoms with Crippen LogP contribution in [0.5, 0.6) is 0 Å². The molecule has 2 atom stereocenters. The van der Waals surface area contributed by atoms with Gasteiger partial charge in [-0.3, -0.25) is 0 Å². The highest BCUT2D eigenvalue weighted by Crippen LogP contribution is 2.42. The van der Waals surface area contributed by atoms with E-state index in [4.69, 9.17) is 4.52 Å². The fraction of sp³-hybridized carbons (Fsp3) is 0.350. The number of nitrogens with zero attached hydrogens (tertiary/aromatic N) is 1. The summed E-state index contributed by atoms with van der Waals surface area (Å²) in [6.45, 7) is 0. The highest BCUT2D eigenvalue weighted by molar-refractivity contribution is 7.91. The highest BCUT2D eigenvalue weighted by Gasteiger charge is 2.41. The van der Waals surface area contributed by atoms with Crippen molar-refractivity contribution in [3.05, 3.63) is 59.4 Å². The first-order chi connectivity index (χ1) is 13.1. The Morgan fingerprint density at radius 3 is 2.74 bits per heavy atom. The summed E-state index contributed by atoms with van der Waals surface area (Å²) in [6.07, 6.45) is 4.97. The van der Waals surface area contributed by atoms with Crippen LogP contribution in [0.2, 0.25) is 0 Å². The molecule has 1 saturated carbocycles. The zero-order chi connectivity index (χ0) is 18.4. The molecule has 0 bridgehead atoms. The number of nitrogens with one attached hydrogen (secondary N) is 1. The van der Waals surface area contributed by atoms with Gasteiger partial charge in [0.05, 0.1) is 4.88 Å². The van der Waals surface area contributed by atoms with Crippen LogP contribution in [0.4, 0.5) is 0 Å². The molecule has 0 spiro atoms. The van der Waals surface area contributed by atoms with Gasteiger partial charge in [0.15, 0.2) is 0 Å². The van der Waals surface area contributed by atoms with Gasteiger partial charge in [-0.15, -0.1) is 11.3 Å². The lowest BCUT2D eigenvalue weighted by Gasteiger charge is -2.08. The van der Waals surface area contributed by atoms with Crippen LogP contribution in [-0.2, 0) is 22.9 Å². The molecule has 1 aromatic carbocycles. The standard InChI is InChI=1S/C20H20N2O3S2/c23-27(24,22-16-12-15(16)13-6-2-1-3-7-13)19-11-10-18(26-19)20-14-8-4-5-9-17(14)25-21-20/h1-3,6-7,10-11,15-16,22H,4-5,8-9,12H2/t15-,16+/m1/s1. The Balaban J connectivity index is 1.34. The van der Waals surface area contributed by atoms with Gasteiger partial charge < -0.3 is 4.52 Å². The van der Waals surface area contributed by atoms with Crippen LogP contribution in [0.25, 0.3) is 10.6 Å². The molecule has 0 saturated heterocycles. The fourth-order valence-corrected chi connectivity index (χ4v) is 6.44. The number of thiophene rings is 1. The molecule has 2 aliphatic carbocycles. The van der Waals surface area contributed by atoms with Crippen LogP contribution < -0.4 is 4.72 Å². The van der Waals surface area contributed by atoms with Crippen molar-refractivity contribution in [2.75, 3.05) is 0 Å². The summed E-state index contributed by atoms with van der Waals surface area (Å²) in [4.78, 5) is 0.859. The summed E-state index contributed by atoms with van der Waals surface area (Å²) in [6, 6.07) is 13.5. The topological polar surface area (TPSA) is 72.2 Å². The quantitative estimate of drug-likeness (QED) is 0.699. The lowest BCUT2D eigenvalue weighted by molar-refractivity contribution is 0.374. The molecule has 0 aliphatic heterocycles. The Labute approximate surface area is 162 Å². The van der Waals surface area contributed by atoms with Crippen LogP contribution in [0.1, 0.15) is 42.1 Å². The van der Waals surface area contributed by atoms with Gasteiger partial charge in [0.2, 0.25) is 10.0 Å². The van der Waals surface area contributed by atoms with E-state index in [1.165, 1.54) is 16.9 Å². The highest BCUT2D eigenvalue weighted by atomic mass is 32.2. The minimum absolute atomic E-state index is 0.0252. The molecule has 1 fully saturated rings. The third-order valence-corrected chi connectivity index (χ3v) is 8.43. The van der Waals surface area contributed by atoms with Gasteiger partial charge in [0, 0.05) is 23.9 Å². The number of fused-ring (bicyclic) bond motifs is 1. The number of benzene rings is 1. The van der Waals surface area contributed by atoms with Crippen molar-refractivity contribution in [1.82, 2.24) is 9.88 Å². The molecule has 140 valence electrons. The Hall–Kier alpha value is -1.96. The summed E-state index contributed by atoms with van der Waals surface area (Å²) in [5.41, 5.74) is 3.14. The summed E-state index contributed by atoms with van der Waals surface area (Å²) in [7, 11) is -3.52. The minimum Gasteiger partial charge on any atom is -0.360 e. The maximum atomic E-state index is 12.8. The second-order valence-corrected chi connectivity index (χ2v) is 10.3. The van der Waals surface area contributed by atoms with E-state index in [2.05, 4.69) is 22.0 Å². The zero-order valence-corrected chi connectivity index (χ0v) is 16.4. The van der Waals surface area contributed by atoms with Crippen LogP contribution in [-0.4, -0.2) is 19.6 Å². The third kappa shape index (κ3) is 3.24. The van der Waals surface area contributed by atoms with Crippen LogP contribution in [0.15, 0.2) is 51.2 Å². The van der Waals surface area contributed by atoms with Crippen molar-refractivity contribution in [3.8, 4) is 10.6 Å². The van der Waals surface area contributed by atoms with Crippen molar-refractivity contribution in [3.63, 3.8) is 0 Å². The van der Waals surface area contributed by atoms with E-state index in [1.54, 1.807) is 6.07 Å². The Bertz CT molecular complexity index is 1070. The largest absolute Gasteiger partial charge is 0.360 e. The first-order valence-electron chi connectivity index (χ1n) is 9.27. The number of hydrogen-bond acceptors (Lipinski definition) is 5. The second-order valence-electron chi connectivity index (χ2n) is 7.24. The average molecular weight is 401 g/mol. The Morgan fingerprint density at radius 1 is 1.07 bits per heavy atom. The molecule has 5 rings (SSSR count). The third-order valence-electron chi connectivity index (χ3n) is 5.35. The average Bonchev–Trinajstić information content (AvgIpc) is 3.09. The number of aromatic nitrogens is 1. The van der Waals surface area contributed by atoms with Gasteiger partial charge in [-0.25, -0.2) is 13.1 Å². The van der Waals surface area contributed by atoms with E-state index in [-0.39, 0.29) is 12.0 Å². The number of rotatable bonds is 5. The smallest absolute Gasteiger partial charge is 0.250 e. The Morgan fingerprint density at radius 2 is 1.89 bits per heavy atom. The number of aryl methyl sites for hydroxylation is 1. The molecule has 7 heteroatoms. The van der Waals surface area contributed by atoms with Crippen molar-refractivity contribution < 1.29 is 12.9 Å². The zero-order valence-electron chi connectivity index (χ0n) is 14.7. The monoisotopic (exact) mass is 400 g/mol. The second kappa shape index (κ2) is 6.58. The van der Waals surface area contributed by atoms with Gasteiger partial charge in [0.1, 0.15) is 15.7 Å². The summed E-state index contributed by atoms with van der Waals surface area (Å²) >= 11 is 1.26. The van der Waals surface area contributed by atoms with Crippen molar-refractivity contribution in [1.29, 1.82) is 0 Å². The van der Waals surface area contributed by atoms with Gasteiger partial charge in [-0.05, 0) is 43.4 Å². The van der Waals surface area contributed by atoms with E-state index in [0.29, 0.717) is 4.21 Å². The molecular weight excluding hydrogens is 380 g/mol. The molecule has 0 radical (unpaired) electrons. The maximum Gasteiger partial charge on any atom is 0.250 e. The molecule has 3 aromatic rings. The van der Waals surface area contributed by atoms with Crippen LogP contribution in [0, 0.1) is 0 Å². The normalized spacial score (nSPS) is 21.8.